The van der Waals surface area contributed by atoms with Crippen molar-refractivity contribution in [3.63, 3.8) is 0 Å². The summed E-state index contributed by atoms with van der Waals surface area (Å²) in [6.45, 7) is 2.13. The van der Waals surface area contributed by atoms with Gasteiger partial charge in [-0.25, -0.2) is 4.79 Å². The molecule has 0 saturated carbocycles. The monoisotopic (exact) mass is 277 g/mol. The van der Waals surface area contributed by atoms with Gasteiger partial charge in [0.1, 0.15) is 0 Å². The van der Waals surface area contributed by atoms with Gasteiger partial charge in [-0.05, 0) is 41.8 Å². The van der Waals surface area contributed by atoms with Crippen LogP contribution in [0.4, 0.5) is 0 Å². The van der Waals surface area contributed by atoms with E-state index >= 15 is 0 Å². The van der Waals surface area contributed by atoms with Crippen LogP contribution < -0.4 is 0 Å². The molecule has 0 aromatic heterocycles. The van der Waals surface area contributed by atoms with Crippen molar-refractivity contribution in [3.05, 3.63) is 65.7 Å². The lowest BCUT2D eigenvalue weighted by atomic mass is 9.98. The first-order valence-electron chi connectivity index (χ1n) is 6.69. The third-order valence-corrected chi connectivity index (χ3v) is 2.94. The average molecular weight is 277 g/mol. The highest BCUT2D eigenvalue weighted by atomic mass is 16.5. The Morgan fingerprint density at radius 3 is 2.81 bits per heavy atom. The Hall–Kier alpha value is -2.86. The molecule has 0 radical (unpaired) electrons. The first kappa shape index (κ1) is 14.5. The van der Waals surface area contributed by atoms with E-state index in [1.807, 2.05) is 42.5 Å². The molecular formula is C18H15NO2. The number of nitrogens with zero attached hydrogens (tertiary/aromatic N) is 1. The van der Waals surface area contributed by atoms with E-state index < -0.39 is 0 Å². The summed E-state index contributed by atoms with van der Waals surface area (Å²) in [5.74, 6) is -0.361. The standard InChI is InChI=1S/C18H15NO2/c1-2-21-18(20)11-10-14-6-5-8-15(12-14)17-9-4-3-7-16(17)13-19/h3-12H,2H2,1H3/b11-10+. The van der Waals surface area contributed by atoms with Crippen LogP contribution in [0.3, 0.4) is 0 Å². The lowest BCUT2D eigenvalue weighted by Crippen LogP contribution is -1.98. The van der Waals surface area contributed by atoms with Crippen LogP contribution >= 0.6 is 0 Å². The van der Waals surface area contributed by atoms with E-state index in [0.29, 0.717) is 12.2 Å². The predicted molar refractivity (Wildman–Crippen MR) is 82.3 cm³/mol. The second kappa shape index (κ2) is 7.06. The molecule has 0 aliphatic heterocycles. The lowest BCUT2D eigenvalue weighted by molar-refractivity contribution is -0.137. The summed E-state index contributed by atoms with van der Waals surface area (Å²) < 4.78 is 4.85. The molecule has 2 rings (SSSR count). The van der Waals surface area contributed by atoms with Gasteiger partial charge in [0.25, 0.3) is 0 Å². The second-order valence-electron chi connectivity index (χ2n) is 4.37. The molecule has 0 saturated heterocycles. The van der Waals surface area contributed by atoms with Gasteiger partial charge in [-0.15, -0.1) is 0 Å². The van der Waals surface area contributed by atoms with Crippen molar-refractivity contribution in [1.82, 2.24) is 0 Å². The van der Waals surface area contributed by atoms with Gasteiger partial charge in [0.15, 0.2) is 0 Å². The normalized spacial score (nSPS) is 10.3. The summed E-state index contributed by atoms with van der Waals surface area (Å²) in [6.07, 6.45) is 3.11. The van der Waals surface area contributed by atoms with Gasteiger partial charge in [0.05, 0.1) is 18.2 Å². The number of benzene rings is 2. The number of rotatable bonds is 4. The Kier molecular flexibility index (Phi) is 4.89. The van der Waals surface area contributed by atoms with E-state index in [0.717, 1.165) is 16.7 Å². The third-order valence-electron chi connectivity index (χ3n) is 2.94. The van der Waals surface area contributed by atoms with Crippen LogP contribution in [0.1, 0.15) is 18.1 Å². The highest BCUT2D eigenvalue weighted by Gasteiger charge is 2.04. The first-order valence-corrected chi connectivity index (χ1v) is 6.69. The molecule has 2 aromatic carbocycles. The van der Waals surface area contributed by atoms with E-state index in [-0.39, 0.29) is 5.97 Å². The highest BCUT2D eigenvalue weighted by molar-refractivity contribution is 5.87. The molecule has 0 fully saturated rings. The topological polar surface area (TPSA) is 50.1 Å². The number of hydrogen-bond donors (Lipinski definition) is 0. The molecule has 0 N–H and O–H groups in total. The minimum Gasteiger partial charge on any atom is -0.463 e. The Morgan fingerprint density at radius 2 is 2.05 bits per heavy atom. The van der Waals surface area contributed by atoms with Crippen molar-refractivity contribution in [2.45, 2.75) is 6.92 Å². The van der Waals surface area contributed by atoms with Gasteiger partial charge in [-0.3, -0.25) is 0 Å². The molecule has 0 atom stereocenters. The van der Waals surface area contributed by atoms with Crippen molar-refractivity contribution in [2.75, 3.05) is 6.61 Å². The highest BCUT2D eigenvalue weighted by Crippen LogP contribution is 2.24. The fraction of sp³-hybridized carbons (Fsp3) is 0.111. The van der Waals surface area contributed by atoms with Gasteiger partial charge in [0, 0.05) is 6.08 Å². The molecule has 0 spiro atoms. The molecule has 0 aliphatic carbocycles. The van der Waals surface area contributed by atoms with Gasteiger partial charge < -0.3 is 4.74 Å². The Labute approximate surface area is 124 Å². The molecule has 0 amide bonds. The van der Waals surface area contributed by atoms with Crippen LogP contribution in [-0.2, 0) is 9.53 Å². The zero-order valence-electron chi connectivity index (χ0n) is 11.7. The Balaban J connectivity index is 2.30. The van der Waals surface area contributed by atoms with Crippen molar-refractivity contribution in [1.29, 1.82) is 5.26 Å². The summed E-state index contributed by atoms with van der Waals surface area (Å²) in [4.78, 5) is 11.3. The van der Waals surface area contributed by atoms with E-state index in [1.165, 1.54) is 6.08 Å². The lowest BCUT2D eigenvalue weighted by Gasteiger charge is -2.05. The zero-order valence-corrected chi connectivity index (χ0v) is 11.7. The van der Waals surface area contributed by atoms with Crippen LogP contribution in [0.15, 0.2) is 54.6 Å². The molecule has 0 aliphatic rings. The van der Waals surface area contributed by atoms with E-state index in [1.54, 1.807) is 19.1 Å². The number of esters is 1. The summed E-state index contributed by atoms with van der Waals surface area (Å²) >= 11 is 0. The molecule has 0 unspecified atom stereocenters. The van der Waals surface area contributed by atoms with Gasteiger partial charge in [-0.2, -0.15) is 5.26 Å². The van der Waals surface area contributed by atoms with Crippen LogP contribution in [-0.4, -0.2) is 12.6 Å². The molecule has 21 heavy (non-hydrogen) atoms. The summed E-state index contributed by atoms with van der Waals surface area (Å²) in [5, 5.41) is 9.16. The average Bonchev–Trinajstić information content (AvgIpc) is 2.53. The zero-order chi connectivity index (χ0) is 15.1. The van der Waals surface area contributed by atoms with Gasteiger partial charge in [-0.1, -0.05) is 36.4 Å². The SMILES string of the molecule is CCOC(=O)/C=C/c1cccc(-c2ccccc2C#N)c1. The maximum Gasteiger partial charge on any atom is 0.330 e. The molecule has 3 heteroatoms. The molecule has 2 aromatic rings. The smallest absolute Gasteiger partial charge is 0.330 e. The third kappa shape index (κ3) is 3.80. The van der Waals surface area contributed by atoms with E-state index in [4.69, 9.17) is 10.00 Å². The van der Waals surface area contributed by atoms with Crippen LogP contribution in [0.25, 0.3) is 17.2 Å². The first-order chi connectivity index (χ1) is 10.2. The maximum absolute atomic E-state index is 11.3. The number of ether oxygens (including phenoxy) is 1. The maximum atomic E-state index is 11.3. The van der Waals surface area contributed by atoms with Gasteiger partial charge >= 0.3 is 5.97 Å². The number of nitriles is 1. The summed E-state index contributed by atoms with van der Waals surface area (Å²) in [7, 11) is 0. The van der Waals surface area contributed by atoms with Crippen LogP contribution in [0.2, 0.25) is 0 Å². The number of hydrogen-bond acceptors (Lipinski definition) is 3. The van der Waals surface area contributed by atoms with Crippen LogP contribution in [0.5, 0.6) is 0 Å². The quantitative estimate of drug-likeness (QED) is 0.631. The van der Waals surface area contributed by atoms with Crippen LogP contribution in [0, 0.1) is 11.3 Å². The summed E-state index contributed by atoms with van der Waals surface area (Å²) in [5.41, 5.74) is 3.34. The molecule has 104 valence electrons. The fourth-order valence-electron chi connectivity index (χ4n) is 2.00. The van der Waals surface area contributed by atoms with E-state index in [2.05, 4.69) is 6.07 Å². The largest absolute Gasteiger partial charge is 0.463 e. The van der Waals surface area contributed by atoms with E-state index in [9.17, 15) is 4.79 Å². The Bertz CT molecular complexity index is 711. The molecule has 0 heterocycles. The van der Waals surface area contributed by atoms with Crippen molar-refractivity contribution in [3.8, 4) is 17.2 Å². The minimum absolute atomic E-state index is 0.360. The number of carbonyl (C=O) groups excluding carboxylic acids is 1. The molecular weight excluding hydrogens is 262 g/mol. The predicted octanol–water partition coefficient (Wildman–Crippen LogP) is 3.80. The Morgan fingerprint density at radius 1 is 1.24 bits per heavy atom. The molecule has 3 nitrogen and oxygen atoms in total. The number of carbonyl (C=O) groups is 1. The summed E-state index contributed by atoms with van der Waals surface area (Å²) in [6, 6.07) is 17.3. The minimum atomic E-state index is -0.361. The van der Waals surface area contributed by atoms with Crippen molar-refractivity contribution < 1.29 is 9.53 Å². The van der Waals surface area contributed by atoms with Gasteiger partial charge in [0.2, 0.25) is 0 Å². The fourth-order valence-corrected chi connectivity index (χ4v) is 2.00. The van der Waals surface area contributed by atoms with Crippen molar-refractivity contribution in [2.24, 2.45) is 0 Å². The molecule has 0 bridgehead atoms. The van der Waals surface area contributed by atoms with Crippen molar-refractivity contribution >= 4 is 12.0 Å². The second-order valence-corrected chi connectivity index (χ2v) is 4.37.